The maximum Gasteiger partial charge on any atom is 0.137 e. The summed E-state index contributed by atoms with van der Waals surface area (Å²) in [6.45, 7) is 0. The van der Waals surface area contributed by atoms with Crippen LogP contribution in [0.2, 0.25) is 0 Å². The zero-order chi connectivity index (χ0) is 13.5. The summed E-state index contributed by atoms with van der Waals surface area (Å²) >= 11 is 11.2. The summed E-state index contributed by atoms with van der Waals surface area (Å²) in [5.41, 5.74) is 2.60. The highest BCUT2D eigenvalue weighted by Crippen LogP contribution is 2.71. The third-order valence-electron chi connectivity index (χ3n) is 3.70. The van der Waals surface area contributed by atoms with E-state index in [9.17, 15) is 0 Å². The first kappa shape index (κ1) is 13.7. The molecule has 1 saturated carbocycles. The van der Waals surface area contributed by atoms with Gasteiger partial charge in [0.1, 0.15) is 2.14 Å². The van der Waals surface area contributed by atoms with Crippen LogP contribution in [0.25, 0.3) is 0 Å². The summed E-state index contributed by atoms with van der Waals surface area (Å²) in [7, 11) is 0. The predicted octanol–water partition coefficient (Wildman–Crippen LogP) is 5.79. The summed E-state index contributed by atoms with van der Waals surface area (Å²) in [6, 6.07) is 21.2. The van der Waals surface area contributed by atoms with Crippen LogP contribution in [0.3, 0.4) is 0 Å². The molecule has 0 nitrogen and oxygen atoms in total. The highest BCUT2D eigenvalue weighted by molar-refractivity contribution is 9.39. The number of hydrogen-bond acceptors (Lipinski definition) is 0. The topological polar surface area (TPSA) is 0 Å². The van der Waals surface area contributed by atoms with Crippen LogP contribution in [-0.2, 0) is 5.41 Å². The Morgan fingerprint density at radius 2 is 1.37 bits per heavy atom. The Labute approximate surface area is 139 Å². The molecular formula is C16H12Br3-. The molecule has 1 fully saturated rings. The van der Waals surface area contributed by atoms with Crippen molar-refractivity contribution >= 4 is 47.8 Å². The van der Waals surface area contributed by atoms with Gasteiger partial charge in [-0.25, -0.2) is 0 Å². The van der Waals surface area contributed by atoms with Gasteiger partial charge < -0.3 is 0 Å². The van der Waals surface area contributed by atoms with E-state index >= 15 is 0 Å². The number of benzene rings is 2. The lowest BCUT2D eigenvalue weighted by Crippen LogP contribution is -2.26. The molecule has 19 heavy (non-hydrogen) atoms. The maximum atomic E-state index is 3.75. The monoisotopic (exact) mass is 441 g/mol. The van der Waals surface area contributed by atoms with E-state index in [4.69, 9.17) is 0 Å². The standard InChI is InChI=1S/C16H12Br3/c17-16(18,19)15(13-9-5-2-6-10-13)11-14(15)12-7-3-1-4-8-12/h1-10H,11H2/q-1. The SMILES string of the molecule is BrC(Br)(Br)C1(c2ccccc2)C[C-]1c1ccccc1. The third kappa shape index (κ3) is 2.30. The van der Waals surface area contributed by atoms with Crippen molar-refractivity contribution in [2.45, 2.75) is 14.0 Å². The van der Waals surface area contributed by atoms with Crippen LogP contribution in [0, 0.1) is 5.92 Å². The molecule has 0 aliphatic heterocycles. The van der Waals surface area contributed by atoms with E-state index in [0.717, 1.165) is 6.42 Å². The minimum atomic E-state index is -0.313. The molecule has 0 heterocycles. The average Bonchev–Trinajstić information content (AvgIpc) is 3.17. The Kier molecular flexibility index (Phi) is 3.57. The Hall–Kier alpha value is -0.250. The zero-order valence-corrected chi connectivity index (χ0v) is 14.9. The van der Waals surface area contributed by atoms with Gasteiger partial charge in [-0.1, -0.05) is 90.6 Å². The van der Waals surface area contributed by atoms with Crippen molar-refractivity contribution < 1.29 is 0 Å². The van der Waals surface area contributed by atoms with Gasteiger partial charge in [0.2, 0.25) is 0 Å². The quantitative estimate of drug-likeness (QED) is 0.407. The van der Waals surface area contributed by atoms with Crippen LogP contribution in [0.1, 0.15) is 17.5 Å². The molecule has 1 aliphatic rings. The number of halogens is 3. The summed E-state index contributed by atoms with van der Waals surface area (Å²) in [4.78, 5) is 0. The lowest BCUT2D eigenvalue weighted by atomic mass is 9.92. The van der Waals surface area contributed by atoms with Gasteiger partial charge >= 0.3 is 0 Å². The molecule has 0 spiro atoms. The maximum absolute atomic E-state index is 3.75. The van der Waals surface area contributed by atoms with E-state index in [1.54, 1.807) is 0 Å². The van der Waals surface area contributed by atoms with Crippen LogP contribution in [-0.4, -0.2) is 2.14 Å². The highest BCUT2D eigenvalue weighted by Gasteiger charge is 2.60. The van der Waals surface area contributed by atoms with Crippen molar-refractivity contribution in [1.82, 2.24) is 0 Å². The molecule has 3 rings (SSSR count). The van der Waals surface area contributed by atoms with E-state index in [-0.39, 0.29) is 7.56 Å². The van der Waals surface area contributed by atoms with E-state index in [0.29, 0.717) is 0 Å². The van der Waals surface area contributed by atoms with Crippen LogP contribution in [0.4, 0.5) is 0 Å². The molecular weight excluding hydrogens is 432 g/mol. The van der Waals surface area contributed by atoms with Crippen molar-refractivity contribution in [3.05, 3.63) is 77.7 Å². The van der Waals surface area contributed by atoms with E-state index in [1.807, 2.05) is 0 Å². The first-order valence-electron chi connectivity index (χ1n) is 6.10. The molecule has 1 unspecified atom stereocenters. The molecule has 2 aromatic carbocycles. The minimum Gasteiger partial charge on any atom is -0.188 e. The molecule has 3 heteroatoms. The normalized spacial score (nSPS) is 22.4. The van der Waals surface area contributed by atoms with E-state index in [2.05, 4.69) is 108 Å². The second-order valence-electron chi connectivity index (χ2n) is 4.79. The average molecular weight is 444 g/mol. The number of rotatable bonds is 2. The molecule has 1 atom stereocenters. The Morgan fingerprint density at radius 1 is 0.842 bits per heavy atom. The van der Waals surface area contributed by atoms with Crippen LogP contribution >= 0.6 is 47.8 Å². The molecule has 2 aromatic rings. The summed E-state index contributed by atoms with van der Waals surface area (Å²) in [6.07, 6.45) is 1.04. The number of hydrogen-bond donors (Lipinski definition) is 0. The van der Waals surface area contributed by atoms with Crippen molar-refractivity contribution in [1.29, 1.82) is 0 Å². The van der Waals surface area contributed by atoms with Gasteiger partial charge in [0.15, 0.2) is 0 Å². The van der Waals surface area contributed by atoms with Crippen LogP contribution in [0.15, 0.2) is 60.7 Å². The lowest BCUT2D eigenvalue weighted by molar-refractivity contribution is 0.777. The molecule has 0 bridgehead atoms. The van der Waals surface area contributed by atoms with Crippen LogP contribution in [0.5, 0.6) is 0 Å². The third-order valence-corrected chi connectivity index (χ3v) is 5.74. The van der Waals surface area contributed by atoms with Gasteiger partial charge in [0.25, 0.3) is 0 Å². The van der Waals surface area contributed by atoms with Crippen molar-refractivity contribution in [3.8, 4) is 0 Å². The molecule has 0 saturated heterocycles. The summed E-state index contributed by atoms with van der Waals surface area (Å²) in [5, 5.41) is 0. The molecule has 0 aromatic heterocycles. The van der Waals surface area contributed by atoms with Gasteiger partial charge in [0, 0.05) is 5.41 Å². The molecule has 0 amide bonds. The van der Waals surface area contributed by atoms with Gasteiger partial charge in [0.05, 0.1) is 0 Å². The van der Waals surface area contributed by atoms with Crippen molar-refractivity contribution in [2.75, 3.05) is 0 Å². The molecule has 98 valence electrons. The zero-order valence-electron chi connectivity index (χ0n) is 10.1. The minimum absolute atomic E-state index is 0.0321. The summed E-state index contributed by atoms with van der Waals surface area (Å²) < 4.78 is -0.313. The largest absolute Gasteiger partial charge is 0.188 e. The van der Waals surface area contributed by atoms with E-state index in [1.165, 1.54) is 17.0 Å². The predicted molar refractivity (Wildman–Crippen MR) is 91.0 cm³/mol. The smallest absolute Gasteiger partial charge is 0.137 e. The van der Waals surface area contributed by atoms with Gasteiger partial charge in [-0.3, -0.25) is 0 Å². The fraction of sp³-hybridized carbons (Fsp3) is 0.188. The van der Waals surface area contributed by atoms with Crippen molar-refractivity contribution in [3.63, 3.8) is 0 Å². The Bertz CT molecular complexity index is 560. The Morgan fingerprint density at radius 3 is 1.89 bits per heavy atom. The fourth-order valence-corrected chi connectivity index (χ4v) is 4.47. The highest BCUT2D eigenvalue weighted by atomic mass is 80.0. The second-order valence-corrected chi connectivity index (χ2v) is 11.6. The van der Waals surface area contributed by atoms with Crippen LogP contribution < -0.4 is 0 Å². The van der Waals surface area contributed by atoms with Crippen molar-refractivity contribution in [2.24, 2.45) is 0 Å². The van der Waals surface area contributed by atoms with Gasteiger partial charge in [-0.15, -0.1) is 12.1 Å². The Balaban J connectivity index is 2.04. The van der Waals surface area contributed by atoms with Gasteiger partial charge in [-0.2, -0.15) is 23.6 Å². The molecule has 0 radical (unpaired) electrons. The second kappa shape index (κ2) is 4.94. The van der Waals surface area contributed by atoms with Gasteiger partial charge in [-0.05, 0) is 5.56 Å². The first-order chi connectivity index (χ1) is 9.06. The molecule has 1 aliphatic carbocycles. The summed E-state index contributed by atoms with van der Waals surface area (Å²) in [5.74, 6) is 1.45. The number of alkyl halides is 3. The lowest BCUT2D eigenvalue weighted by Gasteiger charge is -2.31. The fourth-order valence-electron chi connectivity index (χ4n) is 2.64. The molecule has 0 N–H and O–H groups in total. The van der Waals surface area contributed by atoms with E-state index < -0.39 is 0 Å². The first-order valence-corrected chi connectivity index (χ1v) is 8.47.